The van der Waals surface area contributed by atoms with E-state index in [2.05, 4.69) is 18.5 Å². The van der Waals surface area contributed by atoms with Gasteiger partial charge in [-0.25, -0.2) is 0 Å². The largest absolute Gasteiger partial charge is 0.369 e. The standard InChI is InChI=1S/C4H15NSi2/c1-3-6-5-7-4-2/h5H,3-4,6-7H2,1-2H3. The quantitative estimate of drug-likeness (QED) is 0.407. The van der Waals surface area contributed by atoms with Gasteiger partial charge in [-0.15, -0.1) is 0 Å². The van der Waals surface area contributed by atoms with E-state index in [1.165, 1.54) is 12.1 Å². The smallest absolute Gasteiger partial charge is 0.0842 e. The van der Waals surface area contributed by atoms with E-state index in [1.54, 1.807) is 0 Å². The van der Waals surface area contributed by atoms with E-state index < -0.39 is 0 Å². The molecular weight excluding hydrogens is 118 g/mol. The molecule has 0 heterocycles. The van der Waals surface area contributed by atoms with Crippen LogP contribution in [-0.4, -0.2) is 19.4 Å². The molecule has 44 valence electrons. The van der Waals surface area contributed by atoms with Crippen LogP contribution in [0.25, 0.3) is 0 Å². The van der Waals surface area contributed by atoms with Crippen LogP contribution in [0.2, 0.25) is 12.1 Å². The van der Waals surface area contributed by atoms with Gasteiger partial charge in [0.1, 0.15) is 0 Å². The summed E-state index contributed by atoms with van der Waals surface area (Å²) in [6.45, 7) is 4.53. The van der Waals surface area contributed by atoms with Crippen LogP contribution in [0.4, 0.5) is 0 Å². The Balaban J connectivity index is 2.45. The van der Waals surface area contributed by atoms with Crippen molar-refractivity contribution >= 4 is 19.4 Å². The molecule has 0 radical (unpaired) electrons. The van der Waals surface area contributed by atoms with Crippen molar-refractivity contribution in [2.45, 2.75) is 25.9 Å². The highest BCUT2D eigenvalue weighted by atomic mass is 28.3. The lowest BCUT2D eigenvalue weighted by Gasteiger charge is -1.93. The summed E-state index contributed by atoms with van der Waals surface area (Å²) < 4.78 is 3.56. The maximum atomic E-state index is 3.56. The zero-order valence-corrected chi connectivity index (χ0v) is 8.16. The molecule has 0 aliphatic carbocycles. The summed E-state index contributed by atoms with van der Waals surface area (Å²) in [7, 11) is 0.445. The van der Waals surface area contributed by atoms with Crippen LogP contribution in [0, 0.1) is 0 Å². The lowest BCUT2D eigenvalue weighted by atomic mass is 11.0. The summed E-state index contributed by atoms with van der Waals surface area (Å²) in [6.07, 6.45) is 0. The molecule has 0 aliphatic rings. The number of nitrogens with one attached hydrogen (secondary N) is 1. The van der Waals surface area contributed by atoms with E-state index in [-0.39, 0.29) is 19.4 Å². The Morgan fingerprint density at radius 2 is 1.57 bits per heavy atom. The van der Waals surface area contributed by atoms with Crippen molar-refractivity contribution in [3.63, 3.8) is 0 Å². The van der Waals surface area contributed by atoms with Gasteiger partial charge in [-0.1, -0.05) is 25.9 Å². The Bertz CT molecular complexity index is 28.9. The molecule has 0 fully saturated rings. The van der Waals surface area contributed by atoms with Crippen molar-refractivity contribution in [1.29, 1.82) is 0 Å². The third-order valence-corrected chi connectivity index (χ3v) is 4.68. The lowest BCUT2D eigenvalue weighted by Crippen LogP contribution is -2.21. The predicted molar refractivity (Wildman–Crippen MR) is 41.2 cm³/mol. The molecule has 7 heavy (non-hydrogen) atoms. The van der Waals surface area contributed by atoms with E-state index in [4.69, 9.17) is 0 Å². The second kappa shape index (κ2) is 6.39. The molecule has 0 saturated heterocycles. The van der Waals surface area contributed by atoms with Crippen LogP contribution < -0.4 is 4.65 Å². The van der Waals surface area contributed by atoms with Gasteiger partial charge < -0.3 is 4.65 Å². The lowest BCUT2D eigenvalue weighted by molar-refractivity contribution is 1.34. The Hall–Kier alpha value is 0.394. The molecule has 0 unspecified atom stereocenters. The SMILES string of the molecule is CC[SiH2]N[SiH2]CC. The molecule has 0 amide bonds. The van der Waals surface area contributed by atoms with E-state index in [1.807, 2.05) is 0 Å². The summed E-state index contributed by atoms with van der Waals surface area (Å²) in [5.41, 5.74) is 0. The van der Waals surface area contributed by atoms with Gasteiger partial charge in [0.05, 0.1) is 19.4 Å². The number of hydrogen-bond donors (Lipinski definition) is 1. The average molecular weight is 133 g/mol. The first-order valence-corrected chi connectivity index (χ1v) is 6.54. The van der Waals surface area contributed by atoms with E-state index in [9.17, 15) is 0 Å². The van der Waals surface area contributed by atoms with E-state index in [0.29, 0.717) is 0 Å². The molecular formula is C4H15NSi2. The average Bonchev–Trinajstić information content (AvgIpc) is 1.69. The number of hydrogen-bond acceptors (Lipinski definition) is 1. The Kier molecular flexibility index (Phi) is 6.75. The van der Waals surface area contributed by atoms with Crippen molar-refractivity contribution < 1.29 is 0 Å². The van der Waals surface area contributed by atoms with Gasteiger partial charge in [-0.05, 0) is 0 Å². The molecule has 0 bridgehead atoms. The first kappa shape index (κ1) is 7.39. The highest BCUT2D eigenvalue weighted by molar-refractivity contribution is 6.50. The van der Waals surface area contributed by atoms with Gasteiger partial charge in [0, 0.05) is 0 Å². The predicted octanol–water partition coefficient (Wildman–Crippen LogP) is -0.380. The summed E-state index contributed by atoms with van der Waals surface area (Å²) in [5, 5.41) is 0. The molecule has 0 saturated carbocycles. The highest BCUT2D eigenvalue weighted by Gasteiger charge is 1.79. The van der Waals surface area contributed by atoms with Crippen LogP contribution in [0.3, 0.4) is 0 Å². The normalized spacial score (nSPS) is 12.9. The molecule has 3 heteroatoms. The first-order chi connectivity index (χ1) is 3.41. The summed E-state index contributed by atoms with van der Waals surface area (Å²) in [5.74, 6) is 0. The van der Waals surface area contributed by atoms with Gasteiger partial charge in [0.2, 0.25) is 0 Å². The zero-order valence-electron chi connectivity index (χ0n) is 5.33. The van der Waals surface area contributed by atoms with Crippen LogP contribution in [0.1, 0.15) is 13.8 Å². The molecule has 1 nitrogen and oxygen atoms in total. The van der Waals surface area contributed by atoms with Gasteiger partial charge in [0.15, 0.2) is 0 Å². The van der Waals surface area contributed by atoms with Crippen molar-refractivity contribution in [2.24, 2.45) is 0 Å². The van der Waals surface area contributed by atoms with Gasteiger partial charge >= 0.3 is 0 Å². The Morgan fingerprint density at radius 3 is 1.86 bits per heavy atom. The molecule has 0 rings (SSSR count). The van der Waals surface area contributed by atoms with Gasteiger partial charge in [0.25, 0.3) is 0 Å². The summed E-state index contributed by atoms with van der Waals surface area (Å²) in [4.78, 5) is 0. The fourth-order valence-corrected chi connectivity index (χ4v) is 4.31. The molecule has 0 aliphatic heterocycles. The third-order valence-electron chi connectivity index (χ3n) is 0.854. The molecule has 0 spiro atoms. The third kappa shape index (κ3) is 6.39. The fourth-order valence-electron chi connectivity index (χ4n) is 0.479. The second-order valence-electron chi connectivity index (χ2n) is 1.75. The molecule has 0 atom stereocenters. The molecule has 1 N–H and O–H groups in total. The Labute approximate surface area is 50.7 Å². The maximum absolute atomic E-state index is 3.56. The van der Waals surface area contributed by atoms with Crippen molar-refractivity contribution in [1.82, 2.24) is 4.65 Å². The monoisotopic (exact) mass is 133 g/mol. The highest BCUT2D eigenvalue weighted by Crippen LogP contribution is 1.69. The zero-order chi connectivity index (χ0) is 5.54. The summed E-state index contributed by atoms with van der Waals surface area (Å²) in [6, 6.07) is 2.85. The topological polar surface area (TPSA) is 12.0 Å². The van der Waals surface area contributed by atoms with Crippen LogP contribution in [-0.2, 0) is 0 Å². The van der Waals surface area contributed by atoms with Gasteiger partial charge in [-0.3, -0.25) is 0 Å². The molecule has 0 aromatic rings. The molecule has 0 aromatic carbocycles. The fraction of sp³-hybridized carbons (Fsp3) is 1.00. The minimum Gasteiger partial charge on any atom is -0.369 e. The van der Waals surface area contributed by atoms with Crippen molar-refractivity contribution in [2.75, 3.05) is 0 Å². The van der Waals surface area contributed by atoms with Crippen molar-refractivity contribution in [3.05, 3.63) is 0 Å². The van der Waals surface area contributed by atoms with E-state index >= 15 is 0 Å². The molecule has 0 aromatic heterocycles. The minimum atomic E-state index is 0.222. The maximum Gasteiger partial charge on any atom is 0.0842 e. The number of rotatable bonds is 4. The summed E-state index contributed by atoms with van der Waals surface area (Å²) >= 11 is 0. The Morgan fingerprint density at radius 1 is 1.14 bits per heavy atom. The second-order valence-corrected chi connectivity index (χ2v) is 6.75. The first-order valence-electron chi connectivity index (χ1n) is 3.12. The van der Waals surface area contributed by atoms with Crippen LogP contribution >= 0.6 is 0 Å². The van der Waals surface area contributed by atoms with E-state index in [0.717, 1.165) is 0 Å². The van der Waals surface area contributed by atoms with Crippen LogP contribution in [0.5, 0.6) is 0 Å². The van der Waals surface area contributed by atoms with Crippen molar-refractivity contribution in [3.8, 4) is 0 Å². The van der Waals surface area contributed by atoms with Crippen LogP contribution in [0.15, 0.2) is 0 Å². The van der Waals surface area contributed by atoms with Gasteiger partial charge in [-0.2, -0.15) is 0 Å². The minimum absolute atomic E-state index is 0.222.